The van der Waals surface area contributed by atoms with E-state index in [1.807, 2.05) is 0 Å². The number of carbonyl (C=O) groups excluding carboxylic acids is 1. The number of nitrogens with one attached hydrogen (secondary N) is 1. The Hall–Kier alpha value is -1.96. The molecule has 0 spiro atoms. The maximum absolute atomic E-state index is 12.1. The largest absolute Gasteiger partial charge is 0.484 e. The second-order valence-electron chi connectivity index (χ2n) is 5.94. The summed E-state index contributed by atoms with van der Waals surface area (Å²) in [7, 11) is 0. The molecule has 5 nitrogen and oxygen atoms in total. The summed E-state index contributed by atoms with van der Waals surface area (Å²) in [5, 5.41) is 12.3. The number of rotatable bonds is 5. The molecule has 1 saturated heterocycles. The van der Waals surface area contributed by atoms with Gasteiger partial charge in [0.15, 0.2) is 6.61 Å². The van der Waals surface area contributed by atoms with Crippen LogP contribution in [0.2, 0.25) is 0 Å². The molecule has 1 aromatic carbocycles. The Morgan fingerprint density at radius 2 is 2.08 bits per heavy atom. The SMILES string of the molecule is C[C@H](O)[C@@H]1CCN(C(=O)NCc2ccc(OCC(F)(F)F)cc2)C1. The van der Waals surface area contributed by atoms with Crippen LogP contribution in [0.4, 0.5) is 18.0 Å². The number of carbonyl (C=O) groups is 1. The fourth-order valence-corrected chi connectivity index (χ4v) is 2.52. The minimum absolute atomic E-state index is 0.0980. The third-order valence-electron chi connectivity index (χ3n) is 3.96. The molecule has 1 aromatic rings. The number of aliphatic hydroxyl groups is 1. The summed E-state index contributed by atoms with van der Waals surface area (Å²) in [6.45, 7) is 1.78. The van der Waals surface area contributed by atoms with Crippen LogP contribution in [0.3, 0.4) is 0 Å². The van der Waals surface area contributed by atoms with Crippen molar-refractivity contribution in [3.05, 3.63) is 29.8 Å². The first-order chi connectivity index (χ1) is 11.2. The summed E-state index contributed by atoms with van der Waals surface area (Å²) in [6, 6.07) is 5.87. The van der Waals surface area contributed by atoms with E-state index in [1.165, 1.54) is 12.1 Å². The van der Waals surface area contributed by atoms with Crippen molar-refractivity contribution in [2.45, 2.75) is 32.2 Å². The molecule has 0 saturated carbocycles. The van der Waals surface area contributed by atoms with Crippen LogP contribution in [-0.2, 0) is 6.54 Å². The van der Waals surface area contributed by atoms with Gasteiger partial charge in [0.05, 0.1) is 6.10 Å². The van der Waals surface area contributed by atoms with Gasteiger partial charge in [-0.1, -0.05) is 12.1 Å². The standard InChI is InChI=1S/C16H21F3N2O3/c1-11(22)13-6-7-21(9-13)15(23)20-8-12-2-4-14(5-3-12)24-10-16(17,18)19/h2-5,11,13,22H,6-10H2,1H3,(H,20,23)/t11-,13+/m0/s1. The van der Waals surface area contributed by atoms with Gasteiger partial charge in [-0.15, -0.1) is 0 Å². The first kappa shape index (κ1) is 18.4. The number of aliphatic hydroxyl groups excluding tert-OH is 1. The van der Waals surface area contributed by atoms with Gasteiger partial charge in [-0.3, -0.25) is 0 Å². The first-order valence-corrected chi connectivity index (χ1v) is 7.74. The molecule has 1 aliphatic heterocycles. The zero-order valence-electron chi connectivity index (χ0n) is 13.3. The summed E-state index contributed by atoms with van der Waals surface area (Å²) in [6.07, 6.45) is -4.03. The summed E-state index contributed by atoms with van der Waals surface area (Å²) in [5.41, 5.74) is 0.758. The highest BCUT2D eigenvalue weighted by molar-refractivity contribution is 5.74. The molecule has 0 aromatic heterocycles. The number of urea groups is 1. The zero-order chi connectivity index (χ0) is 17.7. The first-order valence-electron chi connectivity index (χ1n) is 7.74. The smallest absolute Gasteiger partial charge is 0.422 e. The Bertz CT molecular complexity index is 546. The number of hydrogen-bond donors (Lipinski definition) is 2. The average molecular weight is 346 g/mol. The van der Waals surface area contributed by atoms with Crippen molar-refractivity contribution in [2.75, 3.05) is 19.7 Å². The molecule has 0 bridgehead atoms. The molecule has 1 aliphatic rings. The van der Waals surface area contributed by atoms with Gasteiger partial charge in [-0.05, 0) is 31.0 Å². The van der Waals surface area contributed by atoms with Gasteiger partial charge in [-0.25, -0.2) is 4.79 Å². The minimum Gasteiger partial charge on any atom is -0.484 e. The maximum Gasteiger partial charge on any atom is 0.422 e. The highest BCUT2D eigenvalue weighted by atomic mass is 19.4. The van der Waals surface area contributed by atoms with E-state index in [0.717, 1.165) is 12.0 Å². The van der Waals surface area contributed by atoms with Crippen molar-refractivity contribution in [1.82, 2.24) is 10.2 Å². The number of nitrogens with zero attached hydrogens (tertiary/aromatic N) is 1. The number of benzene rings is 1. The number of alkyl halides is 3. The topological polar surface area (TPSA) is 61.8 Å². The van der Waals surface area contributed by atoms with Crippen molar-refractivity contribution in [1.29, 1.82) is 0 Å². The molecule has 0 unspecified atom stereocenters. The van der Waals surface area contributed by atoms with Gasteiger partial charge in [0, 0.05) is 25.6 Å². The predicted octanol–water partition coefficient (Wildman–Crippen LogP) is 2.54. The van der Waals surface area contributed by atoms with Crippen LogP contribution in [-0.4, -0.2) is 48.0 Å². The zero-order valence-corrected chi connectivity index (χ0v) is 13.3. The highest BCUT2D eigenvalue weighted by Crippen LogP contribution is 2.20. The monoisotopic (exact) mass is 346 g/mol. The normalized spacial score (nSPS) is 19.2. The summed E-state index contributed by atoms with van der Waals surface area (Å²) in [5.74, 6) is 0.225. The number of halogens is 3. The molecule has 8 heteroatoms. The lowest BCUT2D eigenvalue weighted by Crippen LogP contribution is -2.38. The van der Waals surface area contributed by atoms with E-state index < -0.39 is 18.9 Å². The summed E-state index contributed by atoms with van der Waals surface area (Å²) >= 11 is 0. The highest BCUT2D eigenvalue weighted by Gasteiger charge is 2.29. The minimum atomic E-state index is -4.37. The van der Waals surface area contributed by atoms with Crippen molar-refractivity contribution in [3.8, 4) is 5.75 Å². The predicted molar refractivity (Wildman–Crippen MR) is 81.6 cm³/mol. The third kappa shape index (κ3) is 5.59. The Balaban J connectivity index is 1.77. The van der Waals surface area contributed by atoms with Gasteiger partial charge >= 0.3 is 12.2 Å². The molecule has 24 heavy (non-hydrogen) atoms. The maximum atomic E-state index is 12.1. The van der Waals surface area contributed by atoms with Crippen LogP contribution in [0, 0.1) is 5.92 Å². The lowest BCUT2D eigenvalue weighted by atomic mass is 10.0. The molecular formula is C16H21F3N2O3. The second-order valence-corrected chi connectivity index (χ2v) is 5.94. The Kier molecular flexibility index (Phi) is 5.93. The molecule has 2 amide bonds. The van der Waals surface area contributed by atoms with Gasteiger partial charge in [0.2, 0.25) is 0 Å². The summed E-state index contributed by atoms with van der Waals surface area (Å²) < 4.78 is 40.8. The van der Waals surface area contributed by atoms with E-state index in [4.69, 9.17) is 0 Å². The van der Waals surface area contributed by atoms with Crippen molar-refractivity contribution < 1.29 is 27.8 Å². The Morgan fingerprint density at radius 1 is 1.42 bits per heavy atom. The molecule has 2 atom stereocenters. The van der Waals surface area contributed by atoms with E-state index in [-0.39, 0.29) is 24.2 Å². The van der Waals surface area contributed by atoms with Crippen LogP contribution in [0.1, 0.15) is 18.9 Å². The quantitative estimate of drug-likeness (QED) is 0.861. The molecule has 2 rings (SSSR count). The van der Waals surface area contributed by atoms with Gasteiger partial charge < -0.3 is 20.1 Å². The fourth-order valence-electron chi connectivity index (χ4n) is 2.52. The average Bonchev–Trinajstić information content (AvgIpc) is 3.01. The molecule has 1 heterocycles. The van der Waals surface area contributed by atoms with Crippen molar-refractivity contribution >= 4 is 6.03 Å². The van der Waals surface area contributed by atoms with Crippen LogP contribution >= 0.6 is 0 Å². The molecule has 0 aliphatic carbocycles. The molecule has 2 N–H and O–H groups in total. The third-order valence-corrected chi connectivity index (χ3v) is 3.96. The van der Waals surface area contributed by atoms with Gasteiger partial charge in [0.1, 0.15) is 5.75 Å². The number of hydrogen-bond acceptors (Lipinski definition) is 3. The van der Waals surface area contributed by atoms with E-state index in [2.05, 4.69) is 10.1 Å². The molecule has 134 valence electrons. The van der Waals surface area contributed by atoms with Crippen LogP contribution in [0.25, 0.3) is 0 Å². The molecular weight excluding hydrogens is 325 g/mol. The fraction of sp³-hybridized carbons (Fsp3) is 0.562. The summed E-state index contributed by atoms with van der Waals surface area (Å²) in [4.78, 5) is 13.7. The van der Waals surface area contributed by atoms with Crippen LogP contribution in [0.5, 0.6) is 5.75 Å². The Morgan fingerprint density at radius 3 is 2.62 bits per heavy atom. The van der Waals surface area contributed by atoms with E-state index in [9.17, 15) is 23.1 Å². The Labute approximate surface area is 138 Å². The second kappa shape index (κ2) is 7.74. The van der Waals surface area contributed by atoms with Crippen LogP contribution < -0.4 is 10.1 Å². The number of amides is 2. The van der Waals surface area contributed by atoms with Gasteiger partial charge in [-0.2, -0.15) is 13.2 Å². The number of likely N-dealkylation sites (tertiary alicyclic amines) is 1. The van der Waals surface area contributed by atoms with Gasteiger partial charge in [0.25, 0.3) is 0 Å². The van der Waals surface area contributed by atoms with Crippen molar-refractivity contribution in [2.24, 2.45) is 5.92 Å². The van der Waals surface area contributed by atoms with E-state index in [0.29, 0.717) is 13.1 Å². The molecule has 0 radical (unpaired) electrons. The van der Waals surface area contributed by atoms with E-state index in [1.54, 1.807) is 24.0 Å². The lowest BCUT2D eigenvalue weighted by Gasteiger charge is -2.18. The van der Waals surface area contributed by atoms with E-state index >= 15 is 0 Å². The number of ether oxygens (including phenoxy) is 1. The van der Waals surface area contributed by atoms with Crippen molar-refractivity contribution in [3.63, 3.8) is 0 Å². The lowest BCUT2D eigenvalue weighted by molar-refractivity contribution is -0.153. The molecule has 1 fully saturated rings. The van der Waals surface area contributed by atoms with Crippen LogP contribution in [0.15, 0.2) is 24.3 Å².